The van der Waals surface area contributed by atoms with Gasteiger partial charge in [-0.1, -0.05) is 24.3 Å². The molecule has 1 aliphatic heterocycles. The van der Waals surface area contributed by atoms with Gasteiger partial charge in [-0.25, -0.2) is 0 Å². The molecular formula is C36H48N4O5S2. The van der Waals surface area contributed by atoms with Gasteiger partial charge in [0.25, 0.3) is 0 Å². The van der Waals surface area contributed by atoms with E-state index in [1.54, 1.807) is 12.4 Å². The zero-order chi connectivity index (χ0) is 32.8. The lowest BCUT2D eigenvalue weighted by Gasteiger charge is -2.24. The first-order valence-corrected chi connectivity index (χ1v) is 18.8. The topological polar surface area (TPSA) is 100 Å². The van der Waals surface area contributed by atoms with E-state index in [4.69, 9.17) is 14.2 Å². The van der Waals surface area contributed by atoms with Gasteiger partial charge in [0.1, 0.15) is 22.5 Å². The first kappa shape index (κ1) is 35.7. The average molecular weight is 681 g/mol. The van der Waals surface area contributed by atoms with E-state index in [1.165, 1.54) is 0 Å². The van der Waals surface area contributed by atoms with E-state index in [0.717, 1.165) is 95.4 Å². The SMILES string of the molecule is Cc1cc(CN2CCOCCOCCN(Cc3cc(C)c4cccnc4c3O)CCSCCOCCSCC2)c(O)c2ncccc12. The zero-order valence-corrected chi connectivity index (χ0v) is 29.3. The molecule has 4 aromatic rings. The molecule has 0 saturated carbocycles. The highest BCUT2D eigenvalue weighted by molar-refractivity contribution is 7.99. The number of thioether (sulfide) groups is 2. The number of ether oxygens (including phenoxy) is 3. The minimum absolute atomic E-state index is 0.262. The summed E-state index contributed by atoms with van der Waals surface area (Å²) in [6, 6.07) is 12.0. The molecule has 0 unspecified atom stereocenters. The predicted octanol–water partition coefficient (Wildman–Crippen LogP) is 5.65. The van der Waals surface area contributed by atoms with Crippen LogP contribution in [0.4, 0.5) is 0 Å². The van der Waals surface area contributed by atoms with Crippen LogP contribution in [0.1, 0.15) is 22.3 Å². The number of aromatic hydroxyl groups is 2. The van der Waals surface area contributed by atoms with E-state index in [-0.39, 0.29) is 11.5 Å². The fourth-order valence-corrected chi connectivity index (χ4v) is 7.50. The molecule has 1 fully saturated rings. The van der Waals surface area contributed by atoms with Crippen LogP contribution >= 0.6 is 23.5 Å². The van der Waals surface area contributed by atoms with Gasteiger partial charge in [0.05, 0.1) is 39.6 Å². The molecule has 254 valence electrons. The second-order valence-electron chi connectivity index (χ2n) is 11.8. The van der Waals surface area contributed by atoms with Crippen LogP contribution in [0, 0.1) is 13.8 Å². The molecule has 2 aromatic carbocycles. The van der Waals surface area contributed by atoms with Crippen LogP contribution in [-0.2, 0) is 27.3 Å². The van der Waals surface area contributed by atoms with Crippen LogP contribution in [0.3, 0.4) is 0 Å². The van der Waals surface area contributed by atoms with E-state index < -0.39 is 0 Å². The Bertz CT molecular complexity index is 1460. The summed E-state index contributed by atoms with van der Waals surface area (Å²) < 4.78 is 17.9. The second kappa shape index (κ2) is 18.8. The first-order chi connectivity index (χ1) is 23.0. The number of hydrogen-bond donors (Lipinski definition) is 2. The summed E-state index contributed by atoms with van der Waals surface area (Å²) in [4.78, 5) is 13.6. The van der Waals surface area contributed by atoms with Crippen LogP contribution < -0.4 is 0 Å². The number of rotatable bonds is 4. The number of nitrogens with zero attached hydrogens (tertiary/aromatic N) is 4. The van der Waals surface area contributed by atoms with Gasteiger partial charge in [-0.3, -0.25) is 19.8 Å². The largest absolute Gasteiger partial charge is 0.505 e. The molecule has 11 heteroatoms. The predicted molar refractivity (Wildman–Crippen MR) is 194 cm³/mol. The fraction of sp³-hybridized carbons (Fsp3) is 0.500. The molecule has 2 N–H and O–H groups in total. The van der Waals surface area contributed by atoms with Gasteiger partial charge in [0, 0.05) is 96.6 Å². The van der Waals surface area contributed by atoms with Crippen molar-refractivity contribution < 1.29 is 24.4 Å². The molecule has 0 spiro atoms. The molecule has 3 heterocycles. The number of fused-ring (bicyclic) bond motifs is 2. The van der Waals surface area contributed by atoms with Crippen molar-refractivity contribution in [3.05, 3.63) is 71.0 Å². The highest BCUT2D eigenvalue weighted by Crippen LogP contribution is 2.32. The third kappa shape index (κ3) is 10.4. The molecule has 2 aromatic heterocycles. The quantitative estimate of drug-likeness (QED) is 0.280. The number of hydrogen-bond acceptors (Lipinski definition) is 11. The van der Waals surface area contributed by atoms with Crippen LogP contribution in [0.5, 0.6) is 11.5 Å². The van der Waals surface area contributed by atoms with Crippen LogP contribution in [0.2, 0.25) is 0 Å². The lowest BCUT2D eigenvalue weighted by molar-refractivity contribution is 0.0308. The van der Waals surface area contributed by atoms with E-state index in [9.17, 15) is 10.2 Å². The summed E-state index contributed by atoms with van der Waals surface area (Å²) in [7, 11) is 0. The van der Waals surface area contributed by atoms with Crippen molar-refractivity contribution in [3.8, 4) is 11.5 Å². The third-order valence-electron chi connectivity index (χ3n) is 8.41. The fourth-order valence-electron chi connectivity index (χ4n) is 5.84. The minimum Gasteiger partial charge on any atom is -0.505 e. The van der Waals surface area contributed by atoms with Crippen LogP contribution in [0.15, 0.2) is 48.8 Å². The summed E-state index contributed by atoms with van der Waals surface area (Å²) in [6.07, 6.45) is 3.46. The Morgan fingerprint density at radius 3 is 1.53 bits per heavy atom. The Morgan fingerprint density at radius 2 is 1.06 bits per heavy atom. The van der Waals surface area contributed by atoms with E-state index >= 15 is 0 Å². The number of aromatic nitrogens is 2. The first-order valence-electron chi connectivity index (χ1n) is 16.5. The summed E-state index contributed by atoms with van der Waals surface area (Å²) in [5, 5.41) is 24.0. The minimum atomic E-state index is 0.262. The maximum Gasteiger partial charge on any atom is 0.146 e. The van der Waals surface area contributed by atoms with Gasteiger partial charge in [-0.05, 0) is 37.1 Å². The van der Waals surface area contributed by atoms with E-state index in [1.807, 2.05) is 47.8 Å². The monoisotopic (exact) mass is 680 g/mol. The summed E-state index contributed by atoms with van der Waals surface area (Å²) in [6.45, 7) is 12.4. The van der Waals surface area contributed by atoms with Crippen molar-refractivity contribution in [2.45, 2.75) is 26.9 Å². The van der Waals surface area contributed by atoms with Gasteiger partial charge >= 0.3 is 0 Å². The molecular weight excluding hydrogens is 633 g/mol. The second-order valence-corrected chi connectivity index (χ2v) is 14.3. The van der Waals surface area contributed by atoms with Crippen molar-refractivity contribution in [1.82, 2.24) is 19.8 Å². The lowest BCUT2D eigenvalue weighted by atomic mass is 10.0. The summed E-state index contributed by atoms with van der Waals surface area (Å²) in [5.41, 5.74) is 5.32. The molecule has 0 aliphatic carbocycles. The van der Waals surface area contributed by atoms with Crippen molar-refractivity contribution in [2.75, 3.05) is 88.8 Å². The molecule has 47 heavy (non-hydrogen) atoms. The third-order valence-corrected chi connectivity index (χ3v) is 10.3. The molecule has 0 bridgehead atoms. The zero-order valence-electron chi connectivity index (χ0n) is 27.7. The highest BCUT2D eigenvalue weighted by Gasteiger charge is 2.16. The maximum atomic E-state index is 11.0. The Balaban J connectivity index is 1.16. The number of phenolic OH excluding ortho intramolecular Hbond substituents is 2. The van der Waals surface area contributed by atoms with Crippen LogP contribution in [0.25, 0.3) is 21.8 Å². The molecule has 1 saturated heterocycles. The summed E-state index contributed by atoms with van der Waals surface area (Å²) in [5.74, 6) is 4.38. The van der Waals surface area contributed by atoms with E-state index in [2.05, 4.69) is 45.7 Å². The van der Waals surface area contributed by atoms with Crippen molar-refractivity contribution in [1.29, 1.82) is 0 Å². The van der Waals surface area contributed by atoms with Gasteiger partial charge in [0.2, 0.25) is 0 Å². The van der Waals surface area contributed by atoms with Gasteiger partial charge in [-0.2, -0.15) is 23.5 Å². The standard InChI is InChI=1S/C36H48N4O5S2/c1-27-23-29(35(41)33-31(27)5-3-7-37-33)25-39-9-13-43-15-16-44-14-10-40(12-20-47-22-18-45-17-21-46-19-11-39)26-30-24-28(2)32-6-4-8-38-34(32)36(30)42/h3-8,23-24,41-42H,9-22,25-26H2,1-2H3. The maximum absolute atomic E-state index is 11.0. The number of benzene rings is 2. The summed E-state index contributed by atoms with van der Waals surface area (Å²) >= 11 is 3.79. The number of aryl methyl sites for hydroxylation is 2. The Kier molecular flexibility index (Phi) is 14.3. The van der Waals surface area contributed by atoms with Crippen molar-refractivity contribution in [2.24, 2.45) is 0 Å². The highest BCUT2D eigenvalue weighted by atomic mass is 32.2. The van der Waals surface area contributed by atoms with Crippen LogP contribution in [-0.4, -0.2) is 119 Å². The Hall–Kier alpha value is -2.64. The molecule has 0 atom stereocenters. The molecule has 0 radical (unpaired) electrons. The van der Waals surface area contributed by atoms with Crippen molar-refractivity contribution in [3.63, 3.8) is 0 Å². The molecule has 5 rings (SSSR count). The normalized spacial score (nSPS) is 18.3. The van der Waals surface area contributed by atoms with Gasteiger partial charge < -0.3 is 24.4 Å². The number of phenols is 2. The smallest absolute Gasteiger partial charge is 0.146 e. The average Bonchev–Trinajstić information content (AvgIpc) is 3.08. The number of pyridine rings is 2. The molecule has 9 nitrogen and oxygen atoms in total. The Morgan fingerprint density at radius 1 is 0.617 bits per heavy atom. The molecule has 1 aliphatic rings. The Labute approximate surface area is 287 Å². The van der Waals surface area contributed by atoms with Gasteiger partial charge in [0.15, 0.2) is 0 Å². The molecule has 0 amide bonds. The van der Waals surface area contributed by atoms with Crippen molar-refractivity contribution >= 4 is 45.3 Å². The van der Waals surface area contributed by atoms with E-state index in [0.29, 0.717) is 50.6 Å². The lowest BCUT2D eigenvalue weighted by Crippen LogP contribution is -2.31. The van der Waals surface area contributed by atoms with Gasteiger partial charge in [-0.15, -0.1) is 0 Å².